The van der Waals surface area contributed by atoms with E-state index >= 15 is 0 Å². The van der Waals surface area contributed by atoms with Gasteiger partial charge in [-0.25, -0.2) is 0 Å². The zero-order valence-electron chi connectivity index (χ0n) is 15.4. The van der Waals surface area contributed by atoms with Gasteiger partial charge in [-0.15, -0.1) is 0 Å². The molecule has 0 saturated carbocycles. The fraction of sp³-hybridized carbons (Fsp3) is 0.143. The monoisotopic (exact) mass is 551 g/mol. The molecule has 2 aromatic carbocycles. The first kappa shape index (κ1) is 21.3. The van der Waals surface area contributed by atoms with E-state index < -0.39 is 0 Å². The van der Waals surface area contributed by atoms with Crippen LogP contribution in [0.15, 0.2) is 85.5 Å². The molecule has 4 rings (SSSR count). The molecular weight excluding hydrogens is 532 g/mol. The summed E-state index contributed by atoms with van der Waals surface area (Å²) >= 11 is 7.38. The predicted octanol–water partition coefficient (Wildman–Crippen LogP) is 5.62. The van der Waals surface area contributed by atoms with Gasteiger partial charge in [0, 0.05) is 6.54 Å². The number of benzene rings is 2. The second-order valence-corrected chi connectivity index (χ2v) is 11.1. The fourth-order valence-electron chi connectivity index (χ4n) is 3.18. The Labute approximate surface area is 188 Å². The Kier molecular flexibility index (Phi) is 8.34. The number of hydrogen-bond acceptors (Lipinski definition) is 4. The SMILES string of the molecule is CN1C=CN(C(c2ccccc2)N2C=CN(Cc3ccccc3)[CH-]2)[CH-]1.[Br][Cu][Br]. The normalized spacial score (nSPS) is 16.5. The zero-order valence-corrected chi connectivity index (χ0v) is 19.5. The molecule has 0 fully saturated rings. The molecule has 0 spiro atoms. The molecule has 28 heavy (non-hydrogen) atoms. The third kappa shape index (κ3) is 5.80. The standard InChI is InChI=1S/C21H22N4.2BrH.Cu/c1-22-12-14-24(17-22)21(20-10-6-3-7-11-20)25-15-13-23(18-25)16-19-8-4-2-5-9-19;;;/h2-15,17-18,21H,16H2,1H3;2*1H;/q-2;;;+2/p-2. The summed E-state index contributed by atoms with van der Waals surface area (Å²) in [6.45, 7) is 5.15. The Morgan fingerprint density at radius 2 is 1.39 bits per heavy atom. The van der Waals surface area contributed by atoms with Crippen molar-refractivity contribution in [2.75, 3.05) is 7.05 Å². The molecule has 2 aliphatic heterocycles. The Bertz CT molecular complexity index is 772. The van der Waals surface area contributed by atoms with E-state index in [0.29, 0.717) is 0 Å². The van der Waals surface area contributed by atoms with Crippen molar-refractivity contribution in [2.45, 2.75) is 12.7 Å². The van der Waals surface area contributed by atoms with Crippen molar-refractivity contribution in [3.63, 3.8) is 0 Å². The van der Waals surface area contributed by atoms with Crippen LogP contribution in [0.3, 0.4) is 0 Å². The van der Waals surface area contributed by atoms with Gasteiger partial charge in [0.15, 0.2) is 0 Å². The Hall–Kier alpha value is -1.40. The van der Waals surface area contributed by atoms with Crippen LogP contribution in [0.25, 0.3) is 0 Å². The van der Waals surface area contributed by atoms with E-state index in [1.807, 2.05) is 7.05 Å². The van der Waals surface area contributed by atoms with Crippen LogP contribution in [0.1, 0.15) is 17.3 Å². The summed E-state index contributed by atoms with van der Waals surface area (Å²) in [5.74, 6) is 0. The van der Waals surface area contributed by atoms with Crippen LogP contribution in [0.5, 0.6) is 0 Å². The molecule has 0 amide bonds. The van der Waals surface area contributed by atoms with Crippen LogP contribution in [0, 0.1) is 13.3 Å². The van der Waals surface area contributed by atoms with E-state index in [0.717, 1.165) is 6.54 Å². The predicted molar refractivity (Wildman–Crippen MR) is 117 cm³/mol. The zero-order chi connectivity index (χ0) is 19.8. The van der Waals surface area contributed by atoms with E-state index in [9.17, 15) is 0 Å². The van der Waals surface area contributed by atoms with Crippen LogP contribution in [-0.2, 0) is 17.9 Å². The van der Waals surface area contributed by atoms with Gasteiger partial charge in [0.25, 0.3) is 0 Å². The van der Waals surface area contributed by atoms with Crippen molar-refractivity contribution < 1.29 is 11.3 Å². The summed E-state index contributed by atoms with van der Waals surface area (Å²) in [6.07, 6.45) is 8.54. The second-order valence-electron chi connectivity index (χ2n) is 6.37. The van der Waals surface area contributed by atoms with Gasteiger partial charge in [-0.3, -0.25) is 0 Å². The molecule has 4 nitrogen and oxygen atoms in total. The first-order chi connectivity index (χ1) is 13.7. The molecule has 0 N–H and O–H groups in total. The topological polar surface area (TPSA) is 13.0 Å². The van der Waals surface area contributed by atoms with E-state index in [1.165, 1.54) is 22.5 Å². The van der Waals surface area contributed by atoms with E-state index in [1.54, 1.807) is 0 Å². The second kappa shape index (κ2) is 11.0. The minimum atomic E-state index is 0.0967. The summed E-state index contributed by atoms with van der Waals surface area (Å²) in [6, 6.07) is 21.1. The van der Waals surface area contributed by atoms with Crippen molar-refractivity contribution in [3.05, 3.63) is 110 Å². The van der Waals surface area contributed by atoms with Crippen LogP contribution < -0.4 is 0 Å². The molecular formula is C21H22Br2CuN4-2. The van der Waals surface area contributed by atoms with Gasteiger partial charge in [-0.05, 0) is 43.0 Å². The van der Waals surface area contributed by atoms with Crippen molar-refractivity contribution >= 4 is 28.2 Å². The maximum atomic E-state index is 2.97. The van der Waals surface area contributed by atoms with E-state index in [4.69, 9.17) is 0 Å². The average Bonchev–Trinajstić information content (AvgIpc) is 3.34. The Balaban J connectivity index is 0.000000706. The third-order valence-electron chi connectivity index (χ3n) is 4.37. The Morgan fingerprint density at radius 3 is 2.00 bits per heavy atom. The van der Waals surface area contributed by atoms with Crippen molar-refractivity contribution in [1.82, 2.24) is 19.6 Å². The van der Waals surface area contributed by atoms with Crippen LogP contribution >= 0.6 is 28.2 Å². The summed E-state index contributed by atoms with van der Waals surface area (Å²) < 4.78 is 0. The number of hydrogen-bond donors (Lipinski definition) is 0. The number of nitrogens with zero attached hydrogens (tertiary/aromatic N) is 4. The van der Waals surface area contributed by atoms with Gasteiger partial charge in [-0.2, -0.15) is 13.3 Å². The van der Waals surface area contributed by atoms with Crippen molar-refractivity contribution in [2.24, 2.45) is 0 Å². The molecule has 7 heteroatoms. The molecule has 0 radical (unpaired) electrons. The molecule has 2 aromatic rings. The molecule has 1 unspecified atom stereocenters. The van der Waals surface area contributed by atoms with Crippen LogP contribution in [0.4, 0.5) is 0 Å². The minimum absolute atomic E-state index is 0.0967. The van der Waals surface area contributed by atoms with Crippen LogP contribution in [0.2, 0.25) is 0 Å². The summed E-state index contributed by atoms with van der Waals surface area (Å²) in [5.41, 5.74) is 2.55. The molecule has 0 bridgehead atoms. The van der Waals surface area contributed by atoms with Crippen LogP contribution in [-0.4, -0.2) is 26.6 Å². The number of rotatable bonds is 5. The molecule has 0 aromatic heterocycles. The molecule has 153 valence electrons. The van der Waals surface area contributed by atoms with Gasteiger partial charge >= 0.3 is 39.6 Å². The van der Waals surface area contributed by atoms with Gasteiger partial charge < -0.3 is 19.6 Å². The maximum absolute atomic E-state index is 2.97. The number of halogens is 2. The van der Waals surface area contributed by atoms with Crippen molar-refractivity contribution in [3.8, 4) is 0 Å². The quantitative estimate of drug-likeness (QED) is 0.352. The van der Waals surface area contributed by atoms with Gasteiger partial charge in [0.2, 0.25) is 0 Å². The first-order valence-corrected chi connectivity index (χ1v) is 13.4. The molecule has 0 aliphatic carbocycles. The molecule has 2 heterocycles. The molecule has 1 atom stereocenters. The molecule has 2 aliphatic rings. The van der Waals surface area contributed by atoms with Gasteiger partial charge in [0.1, 0.15) is 0 Å². The summed E-state index contributed by atoms with van der Waals surface area (Å²) in [7, 11) is 2.05. The fourth-order valence-corrected chi connectivity index (χ4v) is 3.18. The molecule has 0 saturated heterocycles. The average molecular weight is 554 g/mol. The van der Waals surface area contributed by atoms with E-state index in [2.05, 4.69) is 147 Å². The Morgan fingerprint density at radius 1 is 0.821 bits per heavy atom. The van der Waals surface area contributed by atoms with E-state index in [-0.39, 0.29) is 6.17 Å². The summed E-state index contributed by atoms with van der Waals surface area (Å²) in [4.78, 5) is 8.76. The summed E-state index contributed by atoms with van der Waals surface area (Å²) in [5, 5.41) is 0. The van der Waals surface area contributed by atoms with Gasteiger partial charge in [-0.1, -0.05) is 60.7 Å². The van der Waals surface area contributed by atoms with Gasteiger partial charge in [0.05, 0.1) is 6.17 Å². The van der Waals surface area contributed by atoms with Crippen molar-refractivity contribution in [1.29, 1.82) is 0 Å². The first-order valence-electron chi connectivity index (χ1n) is 8.70. The third-order valence-corrected chi connectivity index (χ3v) is 4.37.